The van der Waals surface area contributed by atoms with Crippen LogP contribution in [0.3, 0.4) is 0 Å². The summed E-state index contributed by atoms with van der Waals surface area (Å²) < 4.78 is 13.4. The summed E-state index contributed by atoms with van der Waals surface area (Å²) >= 11 is 2.52. The minimum Gasteiger partial charge on any atom is -0.461 e. The maximum absolute atomic E-state index is 12.6. The largest absolute Gasteiger partial charge is 0.461 e. The average molecular weight is 532 g/mol. The van der Waals surface area contributed by atoms with Gasteiger partial charge < -0.3 is 9.16 Å². The topological polar surface area (TPSA) is 35.5 Å². The van der Waals surface area contributed by atoms with Gasteiger partial charge in [0.2, 0.25) is 0 Å². The molecule has 0 aromatic heterocycles. The van der Waals surface area contributed by atoms with E-state index in [1.54, 1.807) is 0 Å². The SMILES string of the molecule is CC(C)(C)[Si](OC[C@@H]1[C@H]2C[C@H]3[C@H](OC(=O)[C@H]13)[C@@H]2I)(c1ccccc1)c1ccccc1. The van der Waals surface area contributed by atoms with E-state index in [1.807, 2.05) is 0 Å². The molecule has 1 saturated heterocycles. The molecule has 0 radical (unpaired) electrons. The maximum Gasteiger partial charge on any atom is 0.310 e. The lowest BCUT2D eigenvalue weighted by Crippen LogP contribution is -2.67. The van der Waals surface area contributed by atoms with Crippen molar-refractivity contribution in [3.63, 3.8) is 0 Å². The third-order valence-electron chi connectivity index (χ3n) is 7.60. The average Bonchev–Trinajstić information content (AvgIpc) is 3.34. The van der Waals surface area contributed by atoms with Crippen LogP contribution in [0.5, 0.6) is 0 Å². The van der Waals surface area contributed by atoms with Gasteiger partial charge in [-0.3, -0.25) is 4.79 Å². The number of hydrogen-bond acceptors (Lipinski definition) is 3. The van der Waals surface area contributed by atoms with Crippen molar-refractivity contribution in [2.24, 2.45) is 23.7 Å². The van der Waals surface area contributed by atoms with E-state index in [0.29, 0.717) is 22.4 Å². The Labute approximate surface area is 193 Å². The predicted octanol–water partition coefficient (Wildman–Crippen LogP) is 4.17. The summed E-state index contributed by atoms with van der Waals surface area (Å²) in [5, 5.41) is 2.55. The van der Waals surface area contributed by atoms with E-state index in [4.69, 9.17) is 9.16 Å². The van der Waals surface area contributed by atoms with E-state index in [-0.39, 0.29) is 28.9 Å². The molecule has 5 rings (SSSR count). The first-order chi connectivity index (χ1) is 14.3. The minimum absolute atomic E-state index is 0.0164. The van der Waals surface area contributed by atoms with E-state index in [1.165, 1.54) is 10.4 Å². The van der Waals surface area contributed by atoms with E-state index in [2.05, 4.69) is 104 Å². The lowest BCUT2D eigenvalue weighted by atomic mass is 9.80. The van der Waals surface area contributed by atoms with E-state index < -0.39 is 8.32 Å². The van der Waals surface area contributed by atoms with Gasteiger partial charge in [0.25, 0.3) is 8.32 Å². The van der Waals surface area contributed by atoms with Gasteiger partial charge in [0, 0.05) is 12.5 Å². The molecule has 3 nitrogen and oxygen atoms in total. The molecule has 3 aliphatic rings. The van der Waals surface area contributed by atoms with Crippen LogP contribution in [0.25, 0.3) is 0 Å². The third-order valence-corrected chi connectivity index (χ3v) is 14.2. The molecule has 3 fully saturated rings. The normalized spacial score (nSPS) is 32.5. The van der Waals surface area contributed by atoms with Crippen molar-refractivity contribution in [3.05, 3.63) is 60.7 Å². The number of rotatable bonds is 5. The molecule has 2 bridgehead atoms. The second kappa shape index (κ2) is 7.45. The van der Waals surface area contributed by atoms with Crippen molar-refractivity contribution in [2.75, 3.05) is 6.61 Å². The third kappa shape index (κ3) is 2.95. The van der Waals surface area contributed by atoms with E-state index >= 15 is 0 Å². The number of ether oxygens (including phenoxy) is 1. The molecule has 0 unspecified atom stereocenters. The Morgan fingerprint density at radius 3 is 2.10 bits per heavy atom. The smallest absolute Gasteiger partial charge is 0.310 e. The number of alkyl halides is 1. The Balaban J connectivity index is 1.54. The van der Waals surface area contributed by atoms with Crippen molar-refractivity contribution in [1.82, 2.24) is 0 Å². The first-order valence-electron chi connectivity index (χ1n) is 10.9. The summed E-state index contributed by atoms with van der Waals surface area (Å²) in [7, 11) is -2.57. The monoisotopic (exact) mass is 532 g/mol. The van der Waals surface area contributed by atoms with Gasteiger partial charge in [-0.05, 0) is 33.7 Å². The molecular formula is C25H29IO3Si. The molecule has 2 aromatic carbocycles. The summed E-state index contributed by atoms with van der Waals surface area (Å²) in [6, 6.07) is 21.5. The number of carbonyl (C=O) groups excluding carboxylic acids is 1. The summed E-state index contributed by atoms with van der Waals surface area (Å²) in [6.07, 6.45) is 1.25. The molecule has 6 atom stereocenters. The molecule has 1 heterocycles. The fraction of sp³-hybridized carbons (Fsp3) is 0.480. The van der Waals surface area contributed by atoms with Crippen LogP contribution in [-0.4, -0.2) is 30.9 Å². The van der Waals surface area contributed by atoms with Gasteiger partial charge in [-0.2, -0.15) is 0 Å². The number of halogens is 1. The highest BCUT2D eigenvalue weighted by Gasteiger charge is 2.66. The van der Waals surface area contributed by atoms with Crippen LogP contribution in [0.2, 0.25) is 5.04 Å². The molecule has 30 heavy (non-hydrogen) atoms. The Kier molecular flexibility index (Phi) is 5.14. The number of hydrogen-bond donors (Lipinski definition) is 0. The predicted molar refractivity (Wildman–Crippen MR) is 130 cm³/mol. The van der Waals surface area contributed by atoms with Gasteiger partial charge in [-0.25, -0.2) is 0 Å². The molecule has 2 saturated carbocycles. The van der Waals surface area contributed by atoms with Crippen molar-refractivity contribution in [2.45, 2.75) is 42.3 Å². The highest BCUT2D eigenvalue weighted by molar-refractivity contribution is 14.1. The fourth-order valence-corrected chi connectivity index (χ4v) is 12.4. The second-order valence-electron chi connectivity index (χ2n) is 10.1. The molecule has 1 aliphatic heterocycles. The van der Waals surface area contributed by atoms with Crippen LogP contribution in [0.4, 0.5) is 0 Å². The van der Waals surface area contributed by atoms with Gasteiger partial charge >= 0.3 is 5.97 Å². The van der Waals surface area contributed by atoms with Gasteiger partial charge in [0.1, 0.15) is 6.10 Å². The van der Waals surface area contributed by atoms with Crippen LogP contribution < -0.4 is 10.4 Å². The molecule has 2 aromatic rings. The molecule has 158 valence electrons. The van der Waals surface area contributed by atoms with Gasteiger partial charge in [0.15, 0.2) is 0 Å². The Morgan fingerprint density at radius 2 is 1.57 bits per heavy atom. The molecule has 5 heteroatoms. The first-order valence-corrected chi connectivity index (χ1v) is 14.1. The summed E-state index contributed by atoms with van der Waals surface area (Å²) in [5.41, 5.74) is 0. The molecule has 0 N–H and O–H groups in total. The summed E-state index contributed by atoms with van der Waals surface area (Å²) in [5.74, 6) is 1.24. The van der Waals surface area contributed by atoms with E-state index in [0.717, 1.165) is 6.42 Å². The molecular weight excluding hydrogens is 503 g/mol. The highest BCUT2D eigenvalue weighted by atomic mass is 127. The lowest BCUT2D eigenvalue weighted by molar-refractivity contribution is -0.144. The van der Waals surface area contributed by atoms with Gasteiger partial charge in [-0.15, -0.1) is 0 Å². The Hall–Kier alpha value is -1.18. The summed E-state index contributed by atoms with van der Waals surface area (Å²) in [6.45, 7) is 7.56. The zero-order valence-electron chi connectivity index (χ0n) is 17.8. The van der Waals surface area contributed by atoms with Crippen molar-refractivity contribution >= 4 is 47.3 Å². The number of esters is 1. The van der Waals surface area contributed by atoms with Crippen molar-refractivity contribution < 1.29 is 14.0 Å². The fourth-order valence-electron chi connectivity index (χ4n) is 6.33. The van der Waals surface area contributed by atoms with Crippen LogP contribution >= 0.6 is 22.6 Å². The maximum atomic E-state index is 12.6. The van der Waals surface area contributed by atoms with Crippen LogP contribution in [0.15, 0.2) is 60.7 Å². The molecule has 2 aliphatic carbocycles. The van der Waals surface area contributed by atoms with Crippen molar-refractivity contribution in [3.8, 4) is 0 Å². The Morgan fingerprint density at radius 1 is 1.00 bits per heavy atom. The van der Waals surface area contributed by atoms with Crippen LogP contribution in [0.1, 0.15) is 27.2 Å². The first kappa shape index (κ1) is 20.7. The zero-order valence-corrected chi connectivity index (χ0v) is 20.9. The minimum atomic E-state index is -2.57. The highest BCUT2D eigenvalue weighted by Crippen LogP contribution is 2.60. The van der Waals surface area contributed by atoms with Crippen LogP contribution in [0, 0.1) is 23.7 Å². The number of benzene rings is 2. The van der Waals surface area contributed by atoms with Gasteiger partial charge in [0.05, 0.1) is 9.84 Å². The zero-order chi connectivity index (χ0) is 21.1. The standard InChI is InChI=1S/C25H29IO3Si/c1-25(2,3)30(16-10-6-4-7-11-16,17-12-8-5-9-13-17)28-15-20-18-14-19-21(20)24(27)29-23(19)22(18)26/h4-13,18-23H,14-15H2,1-3H3/t18-,19-,20-,21+,22-,23+/m1/s1. The summed E-state index contributed by atoms with van der Waals surface area (Å²) in [4.78, 5) is 12.6. The van der Waals surface area contributed by atoms with E-state index in [9.17, 15) is 4.79 Å². The second-order valence-corrected chi connectivity index (χ2v) is 15.8. The van der Waals surface area contributed by atoms with Crippen molar-refractivity contribution in [1.29, 1.82) is 0 Å². The van der Waals surface area contributed by atoms with Gasteiger partial charge in [-0.1, -0.05) is 104 Å². The van der Waals surface area contributed by atoms with Crippen LogP contribution in [-0.2, 0) is 14.0 Å². The molecule has 0 spiro atoms. The lowest BCUT2D eigenvalue weighted by Gasteiger charge is -2.44. The quantitative estimate of drug-likeness (QED) is 0.251. The molecule has 0 amide bonds. The number of carbonyl (C=O) groups is 1. The number of fused-ring (bicyclic) bond motifs is 1. The Bertz CT molecular complexity index is 887.